The molecule has 0 bridgehead atoms. The number of nitrogens with zero attached hydrogens (tertiary/aromatic N) is 2. The zero-order valence-electron chi connectivity index (χ0n) is 51.1. The van der Waals surface area contributed by atoms with E-state index in [1.807, 2.05) is 0 Å². The Labute approximate surface area is 468 Å². The van der Waals surface area contributed by atoms with Crippen molar-refractivity contribution in [3.8, 4) is 6.07 Å². The minimum atomic E-state index is -4.72. The van der Waals surface area contributed by atoms with Crippen LogP contribution in [0.15, 0.2) is 107 Å². The maximum atomic E-state index is 13.6. The van der Waals surface area contributed by atoms with Gasteiger partial charge in [-0.1, -0.05) is 0 Å². The number of nitriles is 1. The van der Waals surface area contributed by atoms with Gasteiger partial charge in [0.15, 0.2) is 0 Å². The fraction of sp³-hybridized carbons (Fsp3) is 0.389. The fourth-order valence-corrected chi connectivity index (χ4v) is 39.2. The Balaban J connectivity index is 2.10. The van der Waals surface area contributed by atoms with E-state index in [2.05, 4.69) is 257 Å². The van der Waals surface area contributed by atoms with Crippen LogP contribution in [-0.4, -0.2) is 33.3 Å². The summed E-state index contributed by atoms with van der Waals surface area (Å²) >= 11 is -8.06. The SMILES string of the molecule is Cc1cc(C(C)(C)C)[c]([Ge](/[C](=[C]2\C(C(=[N-])/C=C/C#N)=[C](c3ccccc3)[Ge]2([c]2c(C(C)(C)C)cc(C)c(C)c2C)[c]2c(C(C)(C)C)cc(C)c(C)c2C)c2ccccc2)[c]2c(C(C)(C)C)cc(C)c(C)c2C)c(C)c1C. The molecule has 0 unspecified atom stereocenters. The standard InChI is InChI=1S/C72H88Ge2N2/c1-42-38-56(69(13,14)15)62(50(9)46(42)5)73(63-51(10)47(6)43(2)39-57(63)70(16,17)18)64(54-32-27-25-28-33-54)68-61(60(76)36-31-37-75)67(55-34-29-26-30-35-55)74(68,65-52(11)48(7)44(3)40-58(65)71(19,20)21)66-53(12)49(8)45(4)41-59(66)72(22,23)24/h25-36,38-41H,1-24H3/q-1/b36-31+,68-64+. The van der Waals surface area contributed by atoms with E-state index in [1.54, 1.807) is 6.08 Å². The normalized spacial score (nSPS) is 14.9. The average molecular weight is 1130 g/mol. The molecule has 0 N–H and O–H groups in total. The molecule has 76 heavy (non-hydrogen) atoms. The van der Waals surface area contributed by atoms with Gasteiger partial charge in [0.2, 0.25) is 0 Å². The summed E-state index contributed by atoms with van der Waals surface area (Å²) in [6, 6.07) is 35.1. The number of hydrogen-bond donors (Lipinski definition) is 0. The first-order valence-electron chi connectivity index (χ1n) is 27.7. The van der Waals surface area contributed by atoms with Crippen molar-refractivity contribution in [3.05, 3.63) is 213 Å². The van der Waals surface area contributed by atoms with Gasteiger partial charge in [0.25, 0.3) is 0 Å². The summed E-state index contributed by atoms with van der Waals surface area (Å²) in [5.74, 6) is 0. The van der Waals surface area contributed by atoms with Crippen molar-refractivity contribution in [1.29, 1.82) is 5.26 Å². The van der Waals surface area contributed by atoms with Crippen molar-refractivity contribution in [2.75, 3.05) is 0 Å². The summed E-state index contributed by atoms with van der Waals surface area (Å²) in [7, 11) is 0. The van der Waals surface area contributed by atoms with E-state index in [1.165, 1.54) is 131 Å². The molecule has 1 heterocycles. The van der Waals surface area contributed by atoms with Crippen molar-refractivity contribution in [3.63, 3.8) is 0 Å². The van der Waals surface area contributed by atoms with E-state index in [0.717, 1.165) is 11.1 Å². The monoisotopic (exact) mass is 1130 g/mol. The van der Waals surface area contributed by atoms with E-state index in [4.69, 9.17) is 0 Å². The van der Waals surface area contributed by atoms with E-state index in [0.29, 0.717) is 0 Å². The van der Waals surface area contributed by atoms with Gasteiger partial charge >= 0.3 is 471 Å². The third-order valence-corrected chi connectivity index (χ3v) is 36.8. The summed E-state index contributed by atoms with van der Waals surface area (Å²) in [6.07, 6.45) is 3.18. The van der Waals surface area contributed by atoms with Crippen LogP contribution in [0.3, 0.4) is 0 Å². The molecule has 1 aliphatic rings. The fourth-order valence-electron chi connectivity index (χ4n) is 12.6. The molecule has 0 spiro atoms. The van der Waals surface area contributed by atoms with Crippen LogP contribution in [0, 0.1) is 94.4 Å². The quantitative estimate of drug-likeness (QED) is 0.0808. The molecular weight excluding hydrogens is 1040 g/mol. The van der Waals surface area contributed by atoms with Gasteiger partial charge in [0.05, 0.1) is 0 Å². The first kappa shape index (κ1) is 58.5. The number of hydrogen-bond acceptors (Lipinski definition) is 1. The summed E-state index contributed by atoms with van der Waals surface area (Å²) < 4.78 is 9.99. The average Bonchev–Trinajstić information content (AvgIpc) is 3.33. The molecule has 6 aromatic rings. The number of allylic oxidation sites excluding steroid dienone is 4. The molecule has 4 heteroatoms. The predicted octanol–water partition coefficient (Wildman–Crippen LogP) is 16.1. The van der Waals surface area contributed by atoms with Gasteiger partial charge < -0.3 is 0 Å². The molecule has 1 aliphatic heterocycles. The topological polar surface area (TPSA) is 46.1 Å². The van der Waals surface area contributed by atoms with Crippen molar-refractivity contribution < 1.29 is 0 Å². The van der Waals surface area contributed by atoms with Crippen molar-refractivity contribution >= 4 is 59.7 Å². The summed E-state index contributed by atoms with van der Waals surface area (Å²) in [5, 5.41) is 24.0. The summed E-state index contributed by atoms with van der Waals surface area (Å²) in [5.41, 5.74) is 24.1. The molecular formula is C72H88Ge2N2-. The second kappa shape index (κ2) is 20.9. The van der Waals surface area contributed by atoms with E-state index in [-0.39, 0.29) is 27.4 Å². The Hall–Kier alpha value is -5.21. The Bertz CT molecular complexity index is 3310. The molecule has 2 nitrogen and oxygen atoms in total. The Morgan fingerprint density at radius 1 is 0.474 bits per heavy atom. The summed E-state index contributed by atoms with van der Waals surface area (Å²) in [6.45, 7) is 57.4. The predicted molar refractivity (Wildman–Crippen MR) is 337 cm³/mol. The zero-order valence-corrected chi connectivity index (χ0v) is 55.3. The molecule has 1 radical (unpaired) electrons. The van der Waals surface area contributed by atoms with Crippen LogP contribution in [0.2, 0.25) is 0 Å². The summed E-state index contributed by atoms with van der Waals surface area (Å²) in [4.78, 5) is 0. The van der Waals surface area contributed by atoms with E-state index < -0.39 is 27.6 Å². The molecule has 0 aliphatic carbocycles. The molecule has 0 saturated carbocycles. The van der Waals surface area contributed by atoms with Gasteiger partial charge in [0.1, 0.15) is 0 Å². The molecule has 6 aromatic carbocycles. The van der Waals surface area contributed by atoms with Crippen LogP contribution in [0.5, 0.6) is 0 Å². The van der Waals surface area contributed by atoms with Crippen LogP contribution in [0.1, 0.15) is 183 Å². The molecule has 0 atom stereocenters. The van der Waals surface area contributed by atoms with Crippen LogP contribution in [0.4, 0.5) is 0 Å². The van der Waals surface area contributed by atoms with Gasteiger partial charge in [-0.05, 0) is 0 Å². The third-order valence-electron chi connectivity index (χ3n) is 17.6. The Kier molecular flexibility index (Phi) is 16.1. The van der Waals surface area contributed by atoms with Gasteiger partial charge in [-0.2, -0.15) is 0 Å². The first-order valence-corrected chi connectivity index (χ1v) is 35.1. The minimum absolute atomic E-state index is 0.154. The second-order valence-corrected chi connectivity index (χ2v) is 38.7. The van der Waals surface area contributed by atoms with E-state index in [9.17, 15) is 10.7 Å². The van der Waals surface area contributed by atoms with Gasteiger partial charge in [-0.15, -0.1) is 0 Å². The molecule has 0 amide bonds. The molecule has 0 saturated heterocycles. The van der Waals surface area contributed by atoms with Gasteiger partial charge in [-0.3, -0.25) is 0 Å². The van der Waals surface area contributed by atoms with Crippen molar-refractivity contribution in [2.45, 2.75) is 188 Å². The third kappa shape index (κ3) is 9.89. The molecule has 0 aromatic heterocycles. The molecule has 0 fully saturated rings. The zero-order chi connectivity index (χ0) is 56.7. The molecule has 7 rings (SSSR count). The van der Waals surface area contributed by atoms with Crippen LogP contribution in [0.25, 0.3) is 14.2 Å². The molecule has 395 valence electrons. The van der Waals surface area contributed by atoms with Crippen LogP contribution in [-0.2, 0) is 21.7 Å². The second-order valence-electron chi connectivity index (χ2n) is 26.7. The van der Waals surface area contributed by atoms with Gasteiger partial charge in [-0.25, -0.2) is 0 Å². The Morgan fingerprint density at radius 2 is 0.816 bits per heavy atom. The Morgan fingerprint density at radius 3 is 1.17 bits per heavy atom. The number of rotatable bonds is 9. The maximum absolute atomic E-state index is 13.6. The van der Waals surface area contributed by atoms with Crippen LogP contribution < -0.4 is 17.6 Å². The number of benzene rings is 6. The van der Waals surface area contributed by atoms with Crippen molar-refractivity contribution in [1.82, 2.24) is 0 Å². The van der Waals surface area contributed by atoms with Crippen molar-refractivity contribution in [2.24, 2.45) is 0 Å². The van der Waals surface area contributed by atoms with Gasteiger partial charge in [0, 0.05) is 0 Å². The van der Waals surface area contributed by atoms with E-state index >= 15 is 0 Å². The number of aryl methyl sites for hydroxylation is 4. The first-order chi connectivity index (χ1) is 35.2. The van der Waals surface area contributed by atoms with Crippen LogP contribution >= 0.6 is 0 Å².